The molecule has 37 heavy (non-hydrogen) atoms. The monoisotopic (exact) mass is 497 g/mol. The van der Waals surface area contributed by atoms with E-state index in [0.29, 0.717) is 12.8 Å². The standard InChI is InChI=1S/C34H40FNO/c1-7-10-19-31(9-3)36-27(6)33(25(4)16-14-20-32(37)15-8-2)34(29-17-12-11-13-18-29)26(5)28-21-23-30(35)24-22-28/h7-13,17-19,21-24,32,36-37H,2-3,6,14-16,20H2,1,4-5H3/b10-7-,31-19+,33-25-,34-26+. The molecule has 1 atom stereocenters. The molecular formula is C34H40FNO. The van der Waals surface area contributed by atoms with Gasteiger partial charge in [-0.2, -0.15) is 0 Å². The summed E-state index contributed by atoms with van der Waals surface area (Å²) in [6.07, 6.45) is 11.9. The zero-order valence-electron chi connectivity index (χ0n) is 22.4. The molecule has 2 N–H and O–H groups in total. The number of halogens is 1. The van der Waals surface area contributed by atoms with Gasteiger partial charge >= 0.3 is 0 Å². The van der Waals surface area contributed by atoms with Gasteiger partial charge in [-0.25, -0.2) is 4.39 Å². The molecule has 2 aromatic carbocycles. The SMILES string of the molecule is C=CCC(O)CCC/C(C)=C(C(=C)N/C(C=C)=C/C=C\C)\C(=C(/C)c1ccc(F)cc1)c1ccccc1. The molecule has 2 aromatic rings. The Labute approximate surface area is 222 Å². The van der Waals surface area contributed by atoms with Crippen LogP contribution in [0.3, 0.4) is 0 Å². The predicted molar refractivity (Wildman–Crippen MR) is 158 cm³/mol. The lowest BCUT2D eigenvalue weighted by Crippen LogP contribution is -2.15. The quantitative estimate of drug-likeness (QED) is 0.155. The lowest BCUT2D eigenvalue weighted by molar-refractivity contribution is 0.165. The van der Waals surface area contributed by atoms with Crippen molar-refractivity contribution in [2.24, 2.45) is 0 Å². The van der Waals surface area contributed by atoms with Crippen molar-refractivity contribution in [1.82, 2.24) is 5.32 Å². The van der Waals surface area contributed by atoms with Crippen LogP contribution in [0.15, 0.2) is 127 Å². The van der Waals surface area contributed by atoms with Gasteiger partial charge in [0.25, 0.3) is 0 Å². The fourth-order valence-electron chi connectivity index (χ4n) is 4.25. The second-order valence-electron chi connectivity index (χ2n) is 9.05. The molecule has 0 aliphatic carbocycles. The van der Waals surface area contributed by atoms with Gasteiger partial charge in [0.15, 0.2) is 0 Å². The first-order valence-corrected chi connectivity index (χ1v) is 12.7. The van der Waals surface area contributed by atoms with Crippen molar-refractivity contribution < 1.29 is 9.50 Å². The second-order valence-corrected chi connectivity index (χ2v) is 9.05. The first-order chi connectivity index (χ1) is 17.8. The summed E-state index contributed by atoms with van der Waals surface area (Å²) in [6, 6.07) is 16.8. The Morgan fingerprint density at radius 1 is 1.03 bits per heavy atom. The number of hydrogen-bond donors (Lipinski definition) is 2. The van der Waals surface area contributed by atoms with Gasteiger partial charge in [-0.05, 0) is 93.0 Å². The number of allylic oxidation sites excluding steroid dienone is 7. The number of benzene rings is 2. The highest BCUT2D eigenvalue weighted by atomic mass is 19.1. The first kappa shape index (κ1) is 29.5. The molecule has 0 amide bonds. The summed E-state index contributed by atoms with van der Waals surface area (Å²) in [4.78, 5) is 0. The lowest BCUT2D eigenvalue weighted by Gasteiger charge is -2.23. The highest BCUT2D eigenvalue weighted by Gasteiger charge is 2.19. The van der Waals surface area contributed by atoms with Crippen molar-refractivity contribution in [2.45, 2.75) is 52.6 Å². The molecule has 1 unspecified atom stereocenters. The zero-order valence-corrected chi connectivity index (χ0v) is 22.4. The molecular weight excluding hydrogens is 457 g/mol. The second kappa shape index (κ2) is 15.4. The predicted octanol–water partition coefficient (Wildman–Crippen LogP) is 8.93. The highest BCUT2D eigenvalue weighted by Crippen LogP contribution is 2.38. The van der Waals surface area contributed by atoms with Crippen LogP contribution in [0.5, 0.6) is 0 Å². The fourth-order valence-corrected chi connectivity index (χ4v) is 4.25. The van der Waals surface area contributed by atoms with Crippen molar-refractivity contribution >= 4 is 11.1 Å². The van der Waals surface area contributed by atoms with Crippen LogP contribution < -0.4 is 5.32 Å². The molecule has 194 valence electrons. The van der Waals surface area contributed by atoms with Gasteiger partial charge in [-0.15, -0.1) is 6.58 Å². The van der Waals surface area contributed by atoms with Gasteiger partial charge < -0.3 is 10.4 Å². The van der Waals surface area contributed by atoms with E-state index in [0.717, 1.165) is 57.7 Å². The largest absolute Gasteiger partial charge is 0.393 e. The molecule has 3 heteroatoms. The van der Waals surface area contributed by atoms with Crippen LogP contribution in [-0.4, -0.2) is 11.2 Å². The maximum absolute atomic E-state index is 13.7. The number of rotatable bonds is 14. The van der Waals surface area contributed by atoms with Crippen LogP contribution in [0.2, 0.25) is 0 Å². The Morgan fingerprint density at radius 3 is 2.30 bits per heavy atom. The Morgan fingerprint density at radius 2 is 1.70 bits per heavy atom. The van der Waals surface area contributed by atoms with Crippen LogP contribution in [0, 0.1) is 5.82 Å². The number of aliphatic hydroxyl groups is 1. The van der Waals surface area contributed by atoms with E-state index in [2.05, 4.69) is 51.0 Å². The molecule has 0 heterocycles. The van der Waals surface area contributed by atoms with E-state index in [1.807, 2.05) is 55.5 Å². The molecule has 0 saturated heterocycles. The average molecular weight is 498 g/mol. The smallest absolute Gasteiger partial charge is 0.123 e. The molecule has 0 bridgehead atoms. The Bertz CT molecular complexity index is 1180. The topological polar surface area (TPSA) is 32.3 Å². The first-order valence-electron chi connectivity index (χ1n) is 12.7. The Balaban J connectivity index is 2.69. The maximum atomic E-state index is 13.7. The van der Waals surface area contributed by atoms with E-state index in [-0.39, 0.29) is 5.82 Å². The molecule has 0 aliphatic heterocycles. The van der Waals surface area contributed by atoms with E-state index in [9.17, 15) is 9.50 Å². The molecule has 0 fully saturated rings. The number of aliphatic hydroxyl groups excluding tert-OH is 1. The third kappa shape index (κ3) is 9.04. The van der Waals surface area contributed by atoms with Gasteiger partial charge in [0.1, 0.15) is 5.82 Å². The summed E-state index contributed by atoms with van der Waals surface area (Å²) >= 11 is 0. The lowest BCUT2D eigenvalue weighted by atomic mass is 9.85. The summed E-state index contributed by atoms with van der Waals surface area (Å²) in [6.45, 7) is 18.3. The summed E-state index contributed by atoms with van der Waals surface area (Å²) in [5.41, 5.74) is 7.77. The van der Waals surface area contributed by atoms with E-state index < -0.39 is 6.10 Å². The fraction of sp³-hybridized carbons (Fsp3) is 0.235. The summed E-state index contributed by atoms with van der Waals surface area (Å²) in [5, 5.41) is 13.7. The van der Waals surface area contributed by atoms with Gasteiger partial charge in [0, 0.05) is 17.0 Å². The van der Waals surface area contributed by atoms with Crippen molar-refractivity contribution in [2.75, 3.05) is 0 Å². The average Bonchev–Trinajstić information content (AvgIpc) is 2.90. The van der Waals surface area contributed by atoms with Crippen LogP contribution >= 0.6 is 0 Å². The van der Waals surface area contributed by atoms with Gasteiger partial charge in [0.05, 0.1) is 6.10 Å². The number of nitrogens with one attached hydrogen (secondary N) is 1. The Kier molecular flexibility index (Phi) is 12.3. The van der Waals surface area contributed by atoms with E-state index in [4.69, 9.17) is 0 Å². The molecule has 2 nitrogen and oxygen atoms in total. The minimum Gasteiger partial charge on any atom is -0.393 e. The van der Waals surface area contributed by atoms with Crippen LogP contribution in [-0.2, 0) is 0 Å². The van der Waals surface area contributed by atoms with Crippen molar-refractivity contribution in [3.8, 4) is 0 Å². The third-order valence-electron chi connectivity index (χ3n) is 6.20. The molecule has 0 saturated carbocycles. The van der Waals surface area contributed by atoms with Gasteiger partial charge in [0.2, 0.25) is 0 Å². The summed E-state index contributed by atoms with van der Waals surface area (Å²) < 4.78 is 13.7. The Hall–Kier alpha value is -3.69. The van der Waals surface area contributed by atoms with Gasteiger partial charge in [-0.1, -0.05) is 79.4 Å². The minimum atomic E-state index is -0.392. The van der Waals surface area contributed by atoms with Crippen molar-refractivity contribution in [3.05, 3.63) is 144 Å². The van der Waals surface area contributed by atoms with E-state index in [1.165, 1.54) is 12.1 Å². The van der Waals surface area contributed by atoms with Crippen molar-refractivity contribution in [3.63, 3.8) is 0 Å². The van der Waals surface area contributed by atoms with Crippen LogP contribution in [0.4, 0.5) is 4.39 Å². The van der Waals surface area contributed by atoms with Crippen LogP contribution in [0.25, 0.3) is 11.1 Å². The summed E-state index contributed by atoms with van der Waals surface area (Å²) in [5.74, 6) is -0.265. The molecule has 0 spiro atoms. The molecule has 0 radical (unpaired) electrons. The zero-order chi connectivity index (χ0) is 27.2. The van der Waals surface area contributed by atoms with Crippen molar-refractivity contribution in [1.29, 1.82) is 0 Å². The highest BCUT2D eigenvalue weighted by molar-refractivity contribution is 6.00. The minimum absolute atomic E-state index is 0.265. The molecule has 0 aliphatic rings. The number of hydrogen-bond acceptors (Lipinski definition) is 2. The third-order valence-corrected chi connectivity index (χ3v) is 6.20. The van der Waals surface area contributed by atoms with Crippen LogP contribution in [0.1, 0.15) is 57.6 Å². The normalized spacial score (nSPS) is 14.0. The molecule has 2 rings (SSSR count). The van der Waals surface area contributed by atoms with E-state index in [1.54, 1.807) is 12.2 Å². The van der Waals surface area contributed by atoms with E-state index >= 15 is 0 Å². The summed E-state index contributed by atoms with van der Waals surface area (Å²) in [7, 11) is 0. The van der Waals surface area contributed by atoms with Gasteiger partial charge in [-0.3, -0.25) is 0 Å². The maximum Gasteiger partial charge on any atom is 0.123 e. The molecule has 0 aromatic heterocycles.